The molecule has 3 aromatic rings. The van der Waals surface area contributed by atoms with Gasteiger partial charge in [0.15, 0.2) is 11.5 Å². The van der Waals surface area contributed by atoms with Crippen LogP contribution in [0.15, 0.2) is 96.0 Å². The first kappa shape index (κ1) is 27.6. The van der Waals surface area contributed by atoms with E-state index in [9.17, 15) is 4.79 Å². The first-order valence-corrected chi connectivity index (χ1v) is 14.0. The summed E-state index contributed by atoms with van der Waals surface area (Å²) in [5.41, 5.74) is 2.72. The summed E-state index contributed by atoms with van der Waals surface area (Å²) in [7, 11) is 3.92. The monoisotopic (exact) mass is 546 g/mol. The number of hydrogen-bond donors (Lipinski definition) is 0. The Hall–Kier alpha value is -3.01. The Morgan fingerprint density at radius 1 is 0.821 bits per heavy atom. The van der Waals surface area contributed by atoms with Crippen LogP contribution in [-0.2, 0) is 43.6 Å². The fourth-order valence-electron chi connectivity index (χ4n) is 4.72. The molecular formula is C31H34N2O5S. The number of aliphatic imine (C=N–C) groups is 1. The number of nitrogens with zero attached hydrogens (tertiary/aromatic N) is 2. The fourth-order valence-corrected chi connectivity index (χ4v) is 5.86. The minimum absolute atomic E-state index is 0.283. The van der Waals surface area contributed by atoms with E-state index in [1.54, 1.807) is 0 Å². The second-order valence-electron chi connectivity index (χ2n) is 9.80. The smallest absolute Gasteiger partial charge is 0.161 e. The summed E-state index contributed by atoms with van der Waals surface area (Å²) in [4.78, 5) is 19.4. The topological polar surface area (TPSA) is 69.6 Å². The molecule has 0 aromatic heterocycles. The van der Waals surface area contributed by atoms with Gasteiger partial charge in [-0.3, -0.25) is 4.99 Å². The molecule has 1 saturated heterocycles. The number of ether oxygens (including phenoxy) is 4. The molecule has 7 nitrogen and oxygen atoms in total. The highest BCUT2D eigenvalue weighted by Gasteiger charge is 2.53. The summed E-state index contributed by atoms with van der Waals surface area (Å²) in [5.74, 6) is 0. The van der Waals surface area contributed by atoms with Crippen molar-refractivity contribution in [2.24, 2.45) is 4.99 Å². The number of thioether (sulfide) groups is 1. The zero-order chi connectivity index (χ0) is 27.0. The van der Waals surface area contributed by atoms with E-state index in [1.807, 2.05) is 110 Å². The van der Waals surface area contributed by atoms with E-state index >= 15 is 0 Å². The highest BCUT2D eigenvalue weighted by molar-refractivity contribution is 8.14. The molecule has 39 heavy (non-hydrogen) atoms. The Kier molecular flexibility index (Phi) is 9.44. The third kappa shape index (κ3) is 6.96. The predicted octanol–water partition coefficient (Wildman–Crippen LogP) is 4.70. The van der Waals surface area contributed by atoms with Crippen LogP contribution in [0.4, 0.5) is 0 Å². The maximum Gasteiger partial charge on any atom is 0.161 e. The van der Waals surface area contributed by atoms with Gasteiger partial charge in [-0.2, -0.15) is 0 Å². The average molecular weight is 547 g/mol. The fraction of sp³-hybridized carbons (Fsp3) is 0.355. The molecule has 3 aromatic carbocycles. The van der Waals surface area contributed by atoms with Crippen LogP contribution in [0.5, 0.6) is 0 Å². The van der Waals surface area contributed by atoms with Crippen LogP contribution < -0.4 is 0 Å². The SMILES string of the molecule is CN(C)C1=N[C@@H]2[C@@H](OCc3ccccc3)[C@H](OCc3ccccc3)[C@H](C(C=O)OCc3ccccc3)O[C@@H]2S1. The largest absolute Gasteiger partial charge is 0.368 e. The molecule has 1 fully saturated rings. The van der Waals surface area contributed by atoms with Gasteiger partial charge < -0.3 is 28.6 Å². The van der Waals surface area contributed by atoms with Gasteiger partial charge in [-0.15, -0.1) is 0 Å². The summed E-state index contributed by atoms with van der Waals surface area (Å²) in [6.07, 6.45) is -1.76. The average Bonchev–Trinajstić information content (AvgIpc) is 3.41. The molecular weight excluding hydrogens is 512 g/mol. The van der Waals surface area contributed by atoms with Crippen molar-refractivity contribution in [1.82, 2.24) is 4.90 Å². The number of amidine groups is 1. The van der Waals surface area contributed by atoms with Gasteiger partial charge in [0.05, 0.1) is 19.8 Å². The summed E-state index contributed by atoms with van der Waals surface area (Å²) < 4.78 is 25.8. The summed E-state index contributed by atoms with van der Waals surface area (Å²) in [6.45, 7) is 1.02. The van der Waals surface area contributed by atoms with Gasteiger partial charge in [0.25, 0.3) is 0 Å². The van der Waals surface area contributed by atoms with Gasteiger partial charge >= 0.3 is 0 Å². The summed E-state index contributed by atoms with van der Waals surface area (Å²) in [5, 5.41) is 0.855. The molecule has 0 aliphatic carbocycles. The lowest BCUT2D eigenvalue weighted by Crippen LogP contribution is -2.60. The highest BCUT2D eigenvalue weighted by Crippen LogP contribution is 2.41. The minimum Gasteiger partial charge on any atom is -0.368 e. The zero-order valence-corrected chi connectivity index (χ0v) is 23.0. The minimum atomic E-state index is -0.848. The molecule has 2 heterocycles. The Labute approximate surface area is 234 Å². The third-order valence-electron chi connectivity index (χ3n) is 6.73. The van der Waals surface area contributed by atoms with E-state index in [1.165, 1.54) is 11.8 Å². The molecule has 5 rings (SSSR count). The van der Waals surface area contributed by atoms with E-state index < -0.39 is 24.4 Å². The van der Waals surface area contributed by atoms with Gasteiger partial charge in [0.2, 0.25) is 0 Å². The molecule has 1 unspecified atom stereocenters. The van der Waals surface area contributed by atoms with Gasteiger partial charge in [-0.05, 0) is 16.7 Å². The van der Waals surface area contributed by atoms with E-state index in [0.717, 1.165) is 28.1 Å². The maximum atomic E-state index is 12.5. The number of carbonyl (C=O) groups is 1. The number of hydrogen-bond acceptors (Lipinski definition) is 8. The molecule has 0 N–H and O–H groups in total. The number of benzene rings is 3. The first-order chi connectivity index (χ1) is 19.1. The normalized spacial score (nSPS) is 25.0. The molecule has 0 saturated carbocycles. The van der Waals surface area contributed by atoms with Gasteiger partial charge in [-0.1, -0.05) is 103 Å². The van der Waals surface area contributed by atoms with Crippen LogP contribution in [0.1, 0.15) is 16.7 Å². The Bertz CT molecular complexity index is 1210. The van der Waals surface area contributed by atoms with Crippen molar-refractivity contribution in [3.63, 3.8) is 0 Å². The lowest BCUT2D eigenvalue weighted by atomic mass is 9.94. The lowest BCUT2D eigenvalue weighted by Gasteiger charge is -2.44. The van der Waals surface area contributed by atoms with Crippen molar-refractivity contribution >= 4 is 23.2 Å². The van der Waals surface area contributed by atoms with Gasteiger partial charge in [-0.25, -0.2) is 0 Å². The van der Waals surface area contributed by atoms with Crippen LogP contribution in [0.2, 0.25) is 0 Å². The molecule has 0 spiro atoms. The highest BCUT2D eigenvalue weighted by atomic mass is 32.2. The molecule has 8 heteroatoms. The molecule has 0 radical (unpaired) electrons. The predicted molar refractivity (Wildman–Crippen MR) is 152 cm³/mol. The van der Waals surface area contributed by atoms with Crippen molar-refractivity contribution in [2.75, 3.05) is 14.1 Å². The maximum absolute atomic E-state index is 12.5. The molecule has 2 aliphatic heterocycles. The van der Waals surface area contributed by atoms with Crippen LogP contribution in [0.3, 0.4) is 0 Å². The second kappa shape index (κ2) is 13.4. The number of fused-ring (bicyclic) bond motifs is 1. The Morgan fingerprint density at radius 3 is 1.85 bits per heavy atom. The van der Waals surface area contributed by atoms with Gasteiger partial charge in [0, 0.05) is 14.1 Å². The van der Waals surface area contributed by atoms with Crippen molar-refractivity contribution in [2.45, 2.75) is 55.7 Å². The van der Waals surface area contributed by atoms with E-state index in [0.29, 0.717) is 13.2 Å². The van der Waals surface area contributed by atoms with Crippen molar-refractivity contribution in [1.29, 1.82) is 0 Å². The molecule has 6 atom stereocenters. The third-order valence-corrected chi connectivity index (χ3v) is 8.04. The molecule has 0 amide bonds. The van der Waals surface area contributed by atoms with Crippen molar-refractivity contribution in [3.05, 3.63) is 108 Å². The lowest BCUT2D eigenvalue weighted by molar-refractivity contribution is -0.224. The second-order valence-corrected chi connectivity index (χ2v) is 10.9. The molecule has 2 aliphatic rings. The van der Waals surface area contributed by atoms with Crippen LogP contribution in [0, 0.1) is 0 Å². The van der Waals surface area contributed by atoms with Crippen LogP contribution in [-0.4, -0.2) is 66.3 Å². The van der Waals surface area contributed by atoms with Crippen LogP contribution in [0.25, 0.3) is 0 Å². The van der Waals surface area contributed by atoms with Crippen molar-refractivity contribution in [3.8, 4) is 0 Å². The number of aldehydes is 1. The zero-order valence-electron chi connectivity index (χ0n) is 22.2. The quantitative estimate of drug-likeness (QED) is 0.323. The first-order valence-electron chi connectivity index (χ1n) is 13.1. The van der Waals surface area contributed by atoms with E-state index in [4.69, 9.17) is 23.9 Å². The summed E-state index contributed by atoms with van der Waals surface area (Å²) >= 11 is 1.54. The number of carbonyl (C=O) groups excluding carboxylic acids is 1. The van der Waals surface area contributed by atoms with Crippen LogP contribution >= 0.6 is 11.8 Å². The molecule has 0 bridgehead atoms. The van der Waals surface area contributed by atoms with E-state index in [-0.39, 0.29) is 18.1 Å². The summed E-state index contributed by atoms with van der Waals surface area (Å²) in [6, 6.07) is 29.5. The van der Waals surface area contributed by atoms with E-state index in [2.05, 4.69) is 0 Å². The standard InChI is InChI=1S/C31H34N2O5S/c1-33(2)31-32-26-28(36-20-23-14-8-4-9-15-23)29(37-21-24-16-10-5-11-17-24)27(38-30(26)39-31)25(18-34)35-19-22-12-6-3-7-13-22/h3-18,25-30H,19-21H2,1-2H3/t25?,26-,27+,28-,29-,30-/m1/s1. The number of rotatable bonds is 11. The Morgan fingerprint density at radius 2 is 1.33 bits per heavy atom. The van der Waals surface area contributed by atoms with Crippen molar-refractivity contribution < 1.29 is 23.7 Å². The Balaban J connectivity index is 1.43. The van der Waals surface area contributed by atoms with Gasteiger partial charge in [0.1, 0.15) is 35.9 Å². The molecule has 204 valence electrons.